The summed E-state index contributed by atoms with van der Waals surface area (Å²) in [6, 6.07) is 0. The van der Waals surface area contributed by atoms with Gasteiger partial charge in [0.2, 0.25) is 0 Å². The van der Waals surface area contributed by atoms with Gasteiger partial charge in [0.05, 0.1) is 0 Å². The maximum absolute atomic E-state index is 4.99. The first-order chi connectivity index (χ1) is 3.80. The zero-order chi connectivity index (χ0) is 5.98. The summed E-state index contributed by atoms with van der Waals surface area (Å²) in [7, 11) is 0. The lowest BCUT2D eigenvalue weighted by molar-refractivity contribution is 0.788. The van der Waals surface area contributed by atoms with E-state index in [2.05, 4.69) is 0 Å². The molecular formula is C6H8S2. The van der Waals surface area contributed by atoms with E-state index in [1.807, 2.05) is 0 Å². The van der Waals surface area contributed by atoms with Crippen LogP contribution in [0.5, 0.6) is 0 Å². The van der Waals surface area contributed by atoms with Crippen molar-refractivity contribution in [1.29, 1.82) is 0 Å². The predicted octanol–water partition coefficient (Wildman–Crippen LogP) is 2.30. The van der Waals surface area contributed by atoms with E-state index in [-0.39, 0.29) is 0 Å². The van der Waals surface area contributed by atoms with Crippen LogP contribution in [0, 0.1) is 0 Å². The molecule has 8 heavy (non-hydrogen) atoms. The van der Waals surface area contributed by atoms with Crippen molar-refractivity contribution in [2.45, 2.75) is 25.7 Å². The molecule has 0 radical (unpaired) electrons. The molecule has 0 aromatic carbocycles. The summed E-state index contributed by atoms with van der Waals surface area (Å²) in [6.07, 6.45) is 4.63. The quantitative estimate of drug-likeness (QED) is 0.478. The molecule has 1 fully saturated rings. The van der Waals surface area contributed by atoms with Gasteiger partial charge in [-0.15, -0.1) is 0 Å². The van der Waals surface area contributed by atoms with Crippen molar-refractivity contribution < 1.29 is 0 Å². The van der Waals surface area contributed by atoms with E-state index in [1.54, 1.807) is 0 Å². The zero-order valence-corrected chi connectivity index (χ0v) is 6.28. The molecule has 1 aliphatic rings. The van der Waals surface area contributed by atoms with E-state index in [0.717, 1.165) is 22.6 Å². The lowest BCUT2D eigenvalue weighted by Gasteiger charge is -2.10. The topological polar surface area (TPSA) is 0 Å². The van der Waals surface area contributed by atoms with Crippen LogP contribution in [0.15, 0.2) is 0 Å². The van der Waals surface area contributed by atoms with Gasteiger partial charge in [-0.3, -0.25) is 0 Å². The molecular weight excluding hydrogens is 136 g/mol. The Labute approximate surface area is 60.3 Å². The van der Waals surface area contributed by atoms with Gasteiger partial charge in [0.15, 0.2) is 0 Å². The summed E-state index contributed by atoms with van der Waals surface area (Å²) in [5.41, 5.74) is 0. The lowest BCUT2D eigenvalue weighted by atomic mass is 10.0. The van der Waals surface area contributed by atoms with Gasteiger partial charge in [-0.1, -0.05) is 24.4 Å². The Morgan fingerprint density at radius 3 is 1.50 bits per heavy atom. The molecule has 0 bridgehead atoms. The van der Waals surface area contributed by atoms with Crippen LogP contribution in [-0.2, 0) is 0 Å². The third-order valence-electron chi connectivity index (χ3n) is 1.37. The molecule has 0 aliphatic heterocycles. The van der Waals surface area contributed by atoms with Gasteiger partial charge in [-0.25, -0.2) is 0 Å². The zero-order valence-electron chi connectivity index (χ0n) is 4.64. The van der Waals surface area contributed by atoms with Gasteiger partial charge < -0.3 is 0 Å². The summed E-state index contributed by atoms with van der Waals surface area (Å²) in [5, 5.41) is 0. The van der Waals surface area contributed by atoms with Gasteiger partial charge in [0.25, 0.3) is 0 Å². The Hall–Kier alpha value is 0.180. The normalized spacial score (nSPS) is 21.5. The third-order valence-corrected chi connectivity index (χ3v) is 2.40. The molecule has 0 heterocycles. The van der Waals surface area contributed by atoms with E-state index in [4.69, 9.17) is 24.4 Å². The first-order valence-corrected chi connectivity index (χ1v) is 3.68. The van der Waals surface area contributed by atoms with Crippen molar-refractivity contribution >= 4 is 34.2 Å². The van der Waals surface area contributed by atoms with Crippen molar-refractivity contribution in [1.82, 2.24) is 0 Å². The molecule has 0 N–H and O–H groups in total. The van der Waals surface area contributed by atoms with Gasteiger partial charge in [-0.05, 0) is 25.7 Å². The van der Waals surface area contributed by atoms with Crippen LogP contribution in [0.2, 0.25) is 0 Å². The van der Waals surface area contributed by atoms with E-state index in [1.165, 1.54) is 12.8 Å². The Morgan fingerprint density at radius 2 is 1.25 bits per heavy atom. The van der Waals surface area contributed by atoms with Crippen LogP contribution in [-0.4, -0.2) is 9.73 Å². The fourth-order valence-electron chi connectivity index (χ4n) is 0.850. The van der Waals surface area contributed by atoms with Crippen molar-refractivity contribution in [3.63, 3.8) is 0 Å². The van der Waals surface area contributed by atoms with Gasteiger partial charge in [0.1, 0.15) is 0 Å². The average Bonchev–Trinajstić information content (AvgIpc) is 1.77. The smallest absolute Gasteiger partial charge is 0.0291 e. The van der Waals surface area contributed by atoms with E-state index >= 15 is 0 Å². The second-order valence-corrected chi connectivity index (χ2v) is 3.04. The highest BCUT2D eigenvalue weighted by Crippen LogP contribution is 2.12. The molecule has 0 atom stereocenters. The van der Waals surface area contributed by atoms with Crippen LogP contribution in [0.25, 0.3) is 0 Å². The standard InChI is InChI=1S/C6H8S2/c7-5-3-1-2-4-6(5)8/h1-4H2. The second kappa shape index (κ2) is 2.65. The fourth-order valence-corrected chi connectivity index (χ4v) is 1.34. The molecule has 0 spiro atoms. The molecule has 44 valence electrons. The molecule has 1 aliphatic carbocycles. The Morgan fingerprint density at radius 1 is 0.875 bits per heavy atom. The molecule has 1 rings (SSSR count). The highest BCUT2D eigenvalue weighted by molar-refractivity contribution is 7.89. The van der Waals surface area contributed by atoms with Crippen LogP contribution >= 0.6 is 24.4 Å². The van der Waals surface area contributed by atoms with Crippen molar-refractivity contribution in [2.75, 3.05) is 0 Å². The minimum Gasteiger partial charge on any atom is -0.0837 e. The lowest BCUT2D eigenvalue weighted by Crippen LogP contribution is -2.13. The molecule has 0 unspecified atom stereocenters. The van der Waals surface area contributed by atoms with Gasteiger partial charge in [-0.2, -0.15) is 0 Å². The van der Waals surface area contributed by atoms with E-state index in [9.17, 15) is 0 Å². The van der Waals surface area contributed by atoms with Crippen LogP contribution in [0.4, 0.5) is 0 Å². The van der Waals surface area contributed by atoms with Gasteiger partial charge >= 0.3 is 0 Å². The summed E-state index contributed by atoms with van der Waals surface area (Å²) in [4.78, 5) is 2.07. The summed E-state index contributed by atoms with van der Waals surface area (Å²) in [6.45, 7) is 0. The number of thiocarbonyl (C=S) groups is 2. The third kappa shape index (κ3) is 1.33. The molecule has 0 nitrogen and oxygen atoms in total. The molecule has 0 saturated heterocycles. The Bertz CT molecular complexity index is 110. The summed E-state index contributed by atoms with van der Waals surface area (Å²) >= 11 is 9.97. The predicted molar refractivity (Wildman–Crippen MR) is 43.7 cm³/mol. The summed E-state index contributed by atoms with van der Waals surface area (Å²) in [5.74, 6) is 0. The number of hydrogen-bond acceptors (Lipinski definition) is 2. The molecule has 0 amide bonds. The van der Waals surface area contributed by atoms with Crippen LogP contribution in [0.1, 0.15) is 25.7 Å². The van der Waals surface area contributed by atoms with Crippen LogP contribution in [0.3, 0.4) is 0 Å². The van der Waals surface area contributed by atoms with Crippen molar-refractivity contribution in [3.8, 4) is 0 Å². The van der Waals surface area contributed by atoms with Crippen molar-refractivity contribution in [3.05, 3.63) is 0 Å². The minimum atomic E-state index is 1.03. The highest BCUT2D eigenvalue weighted by Gasteiger charge is 2.09. The van der Waals surface area contributed by atoms with E-state index < -0.39 is 0 Å². The minimum absolute atomic E-state index is 1.03. The summed E-state index contributed by atoms with van der Waals surface area (Å²) < 4.78 is 0. The van der Waals surface area contributed by atoms with Gasteiger partial charge in [0, 0.05) is 9.73 Å². The molecule has 0 aromatic rings. The maximum Gasteiger partial charge on any atom is 0.0291 e. The molecule has 1 saturated carbocycles. The largest absolute Gasteiger partial charge is 0.0837 e. The highest BCUT2D eigenvalue weighted by atomic mass is 32.1. The monoisotopic (exact) mass is 144 g/mol. The first kappa shape index (κ1) is 6.30. The Kier molecular flexibility index (Phi) is 2.08. The SMILES string of the molecule is S=C1CCCCC1=S. The Balaban J connectivity index is 2.52. The second-order valence-electron chi connectivity index (χ2n) is 2.05. The fraction of sp³-hybridized carbons (Fsp3) is 0.667. The number of rotatable bonds is 0. The maximum atomic E-state index is 4.99. The van der Waals surface area contributed by atoms with E-state index in [0.29, 0.717) is 0 Å². The molecule has 2 heteroatoms. The average molecular weight is 144 g/mol. The number of hydrogen-bond donors (Lipinski definition) is 0. The van der Waals surface area contributed by atoms with Crippen molar-refractivity contribution in [2.24, 2.45) is 0 Å². The molecule has 0 aromatic heterocycles. The van der Waals surface area contributed by atoms with Crippen LogP contribution < -0.4 is 0 Å². The first-order valence-electron chi connectivity index (χ1n) is 2.87.